The van der Waals surface area contributed by atoms with Crippen LogP contribution in [0.15, 0.2) is 29.9 Å². The topological polar surface area (TPSA) is 92.8 Å². The highest BCUT2D eigenvalue weighted by Crippen LogP contribution is 2.23. The number of aryl methyl sites for hydroxylation is 1. The zero-order chi connectivity index (χ0) is 16.9. The molecule has 0 fully saturated rings. The van der Waals surface area contributed by atoms with E-state index in [1.54, 1.807) is 0 Å². The van der Waals surface area contributed by atoms with E-state index in [0.29, 0.717) is 23.1 Å². The summed E-state index contributed by atoms with van der Waals surface area (Å²) < 4.78 is 5.50. The van der Waals surface area contributed by atoms with Gasteiger partial charge in [-0.2, -0.15) is 5.10 Å². The minimum absolute atomic E-state index is 0.118. The number of carbonyl (C=O) groups excluding carboxylic acids is 1. The van der Waals surface area contributed by atoms with Gasteiger partial charge in [0, 0.05) is 11.1 Å². The molecular weight excluding hydrogens is 326 g/mol. The number of rotatable bonds is 6. The van der Waals surface area contributed by atoms with Crippen molar-refractivity contribution in [3.05, 3.63) is 41.2 Å². The molecule has 1 amide bonds. The Kier molecular flexibility index (Phi) is 4.85. The number of nitrogens with zero attached hydrogens (tertiary/aromatic N) is 3. The Hall–Kier alpha value is -2.74. The summed E-state index contributed by atoms with van der Waals surface area (Å²) in [6, 6.07) is 5.58. The Morgan fingerprint density at radius 3 is 3.00 bits per heavy atom. The van der Waals surface area contributed by atoms with Crippen LogP contribution >= 0.6 is 11.3 Å². The van der Waals surface area contributed by atoms with E-state index in [-0.39, 0.29) is 12.3 Å². The predicted molar refractivity (Wildman–Crippen MR) is 92.2 cm³/mol. The first kappa shape index (κ1) is 16.1. The standard InChI is InChI=1S/C16H17N5O2S/c1-3-23-13-5-4-11(6-10(13)2)19-14(22)7-12-8-24-16(20-12)15-17-9-18-21-15/h4-6,8-9H,3,7H2,1-2H3,(H,19,22)(H,17,18,21). The molecular formula is C16H17N5O2S. The van der Waals surface area contributed by atoms with Gasteiger partial charge in [0.25, 0.3) is 0 Å². The Morgan fingerprint density at radius 1 is 1.42 bits per heavy atom. The number of aromatic amines is 1. The van der Waals surface area contributed by atoms with E-state index in [2.05, 4.69) is 25.5 Å². The second kappa shape index (κ2) is 7.22. The number of ether oxygens (including phenoxy) is 1. The molecule has 3 rings (SSSR count). The number of hydrogen-bond donors (Lipinski definition) is 2. The summed E-state index contributed by atoms with van der Waals surface area (Å²) in [6.07, 6.45) is 1.63. The predicted octanol–water partition coefficient (Wildman–Crippen LogP) is 2.82. The van der Waals surface area contributed by atoms with E-state index in [1.165, 1.54) is 17.7 Å². The van der Waals surface area contributed by atoms with Gasteiger partial charge in [0.1, 0.15) is 12.1 Å². The Balaban J connectivity index is 1.62. The molecule has 0 radical (unpaired) electrons. The van der Waals surface area contributed by atoms with Crippen LogP contribution in [0.25, 0.3) is 10.8 Å². The molecule has 0 spiro atoms. The molecule has 124 valence electrons. The van der Waals surface area contributed by atoms with Crippen molar-refractivity contribution in [3.8, 4) is 16.6 Å². The van der Waals surface area contributed by atoms with E-state index in [4.69, 9.17) is 4.74 Å². The number of amides is 1. The van der Waals surface area contributed by atoms with Crippen LogP contribution in [-0.2, 0) is 11.2 Å². The Morgan fingerprint density at radius 2 is 2.29 bits per heavy atom. The fraction of sp³-hybridized carbons (Fsp3) is 0.250. The lowest BCUT2D eigenvalue weighted by Gasteiger charge is -2.10. The zero-order valence-electron chi connectivity index (χ0n) is 13.4. The molecule has 0 unspecified atom stereocenters. The maximum atomic E-state index is 12.2. The van der Waals surface area contributed by atoms with Crippen LogP contribution < -0.4 is 10.1 Å². The quantitative estimate of drug-likeness (QED) is 0.718. The number of nitrogens with one attached hydrogen (secondary N) is 2. The molecule has 0 aliphatic heterocycles. The minimum Gasteiger partial charge on any atom is -0.494 e. The van der Waals surface area contributed by atoms with Crippen molar-refractivity contribution < 1.29 is 9.53 Å². The van der Waals surface area contributed by atoms with Crippen molar-refractivity contribution in [2.45, 2.75) is 20.3 Å². The lowest BCUT2D eigenvalue weighted by atomic mass is 10.2. The van der Waals surface area contributed by atoms with Gasteiger partial charge in [-0.25, -0.2) is 9.97 Å². The van der Waals surface area contributed by atoms with Crippen LogP contribution in [0.3, 0.4) is 0 Å². The van der Waals surface area contributed by atoms with Gasteiger partial charge in [-0.3, -0.25) is 9.89 Å². The first-order valence-electron chi connectivity index (χ1n) is 7.49. The summed E-state index contributed by atoms with van der Waals surface area (Å²) in [5, 5.41) is 12.0. The maximum absolute atomic E-state index is 12.2. The molecule has 2 N–H and O–H groups in total. The summed E-state index contributed by atoms with van der Waals surface area (Å²) in [5.41, 5.74) is 2.43. The van der Waals surface area contributed by atoms with Gasteiger partial charge < -0.3 is 10.1 Å². The fourth-order valence-electron chi connectivity index (χ4n) is 2.22. The summed E-state index contributed by atoms with van der Waals surface area (Å²) >= 11 is 1.42. The van der Waals surface area contributed by atoms with Gasteiger partial charge in [-0.1, -0.05) is 0 Å². The van der Waals surface area contributed by atoms with E-state index in [9.17, 15) is 4.79 Å². The van der Waals surface area contributed by atoms with Crippen LogP contribution in [0.4, 0.5) is 5.69 Å². The second-order valence-electron chi connectivity index (χ2n) is 5.12. The van der Waals surface area contributed by atoms with Crippen molar-refractivity contribution in [2.24, 2.45) is 0 Å². The molecule has 2 heterocycles. The smallest absolute Gasteiger partial charge is 0.230 e. The summed E-state index contributed by atoms with van der Waals surface area (Å²) in [5.74, 6) is 1.31. The fourth-order valence-corrected chi connectivity index (χ4v) is 2.98. The van der Waals surface area contributed by atoms with Crippen molar-refractivity contribution >= 4 is 22.9 Å². The van der Waals surface area contributed by atoms with Gasteiger partial charge in [0.2, 0.25) is 5.91 Å². The molecule has 1 aromatic carbocycles. The monoisotopic (exact) mass is 343 g/mol. The summed E-state index contributed by atoms with van der Waals surface area (Å²) in [6.45, 7) is 4.50. The second-order valence-corrected chi connectivity index (χ2v) is 5.97. The van der Waals surface area contributed by atoms with E-state index >= 15 is 0 Å². The van der Waals surface area contributed by atoms with Crippen molar-refractivity contribution in [2.75, 3.05) is 11.9 Å². The Labute approximate surface area is 143 Å². The van der Waals surface area contributed by atoms with Gasteiger partial charge >= 0.3 is 0 Å². The van der Waals surface area contributed by atoms with Crippen LogP contribution in [0.1, 0.15) is 18.2 Å². The summed E-state index contributed by atoms with van der Waals surface area (Å²) in [4.78, 5) is 20.6. The minimum atomic E-state index is -0.118. The highest BCUT2D eigenvalue weighted by Gasteiger charge is 2.11. The third-order valence-corrected chi connectivity index (χ3v) is 4.17. The third-order valence-electron chi connectivity index (χ3n) is 3.27. The van der Waals surface area contributed by atoms with Gasteiger partial charge in [-0.05, 0) is 37.6 Å². The first-order chi connectivity index (χ1) is 11.7. The molecule has 0 aliphatic carbocycles. The summed E-state index contributed by atoms with van der Waals surface area (Å²) in [7, 11) is 0. The highest BCUT2D eigenvalue weighted by atomic mass is 32.1. The van der Waals surface area contributed by atoms with Gasteiger partial charge in [0.05, 0.1) is 18.7 Å². The average molecular weight is 343 g/mol. The lowest BCUT2D eigenvalue weighted by Crippen LogP contribution is -2.14. The van der Waals surface area contributed by atoms with Crippen molar-refractivity contribution in [3.63, 3.8) is 0 Å². The van der Waals surface area contributed by atoms with Crippen molar-refractivity contribution in [1.29, 1.82) is 0 Å². The van der Waals surface area contributed by atoms with E-state index in [0.717, 1.165) is 17.0 Å². The molecule has 3 aromatic rings. The number of H-pyrrole nitrogens is 1. The van der Waals surface area contributed by atoms with Crippen LogP contribution in [0.2, 0.25) is 0 Å². The molecule has 8 heteroatoms. The lowest BCUT2D eigenvalue weighted by molar-refractivity contribution is -0.115. The number of thiazole rings is 1. The van der Waals surface area contributed by atoms with Crippen LogP contribution in [0, 0.1) is 6.92 Å². The van der Waals surface area contributed by atoms with Crippen LogP contribution in [-0.4, -0.2) is 32.7 Å². The average Bonchev–Trinajstić information content (AvgIpc) is 3.21. The molecule has 24 heavy (non-hydrogen) atoms. The van der Waals surface area contributed by atoms with E-state index in [1.807, 2.05) is 37.4 Å². The molecule has 0 bridgehead atoms. The highest BCUT2D eigenvalue weighted by molar-refractivity contribution is 7.13. The maximum Gasteiger partial charge on any atom is 0.230 e. The molecule has 2 aromatic heterocycles. The van der Waals surface area contributed by atoms with Gasteiger partial charge in [0.15, 0.2) is 10.8 Å². The van der Waals surface area contributed by atoms with Crippen molar-refractivity contribution in [1.82, 2.24) is 20.2 Å². The number of anilines is 1. The largest absolute Gasteiger partial charge is 0.494 e. The number of benzene rings is 1. The number of carbonyl (C=O) groups is 1. The van der Waals surface area contributed by atoms with Gasteiger partial charge in [-0.15, -0.1) is 11.3 Å². The Bertz CT molecular complexity index is 829. The molecule has 0 saturated carbocycles. The molecule has 0 aliphatic rings. The molecule has 0 saturated heterocycles. The third kappa shape index (κ3) is 3.77. The first-order valence-corrected chi connectivity index (χ1v) is 8.37. The number of hydrogen-bond acceptors (Lipinski definition) is 6. The zero-order valence-corrected chi connectivity index (χ0v) is 14.2. The van der Waals surface area contributed by atoms with E-state index < -0.39 is 0 Å². The SMILES string of the molecule is CCOc1ccc(NC(=O)Cc2csc(-c3ncn[nH]3)n2)cc1C. The number of aromatic nitrogens is 4. The molecule has 7 nitrogen and oxygen atoms in total. The normalized spacial score (nSPS) is 10.6. The molecule has 0 atom stereocenters. The van der Waals surface area contributed by atoms with Crippen LogP contribution in [0.5, 0.6) is 5.75 Å².